The summed E-state index contributed by atoms with van der Waals surface area (Å²) in [4.78, 5) is 14.9. The van der Waals surface area contributed by atoms with Gasteiger partial charge in [-0.2, -0.15) is 4.80 Å². The molecule has 0 bridgehead atoms. The van der Waals surface area contributed by atoms with Gasteiger partial charge in [0.05, 0.1) is 24.8 Å². The highest BCUT2D eigenvalue weighted by atomic mass is 16.4. The summed E-state index contributed by atoms with van der Waals surface area (Å²) in [6.07, 6.45) is 0.0872. The Morgan fingerprint density at radius 1 is 1.18 bits per heavy atom. The molecular formula is C20H32N6O2. The Morgan fingerprint density at radius 2 is 1.82 bits per heavy atom. The molecule has 0 aliphatic heterocycles. The first-order chi connectivity index (χ1) is 13.2. The van der Waals surface area contributed by atoms with Crippen LogP contribution in [0.1, 0.15) is 52.5 Å². The van der Waals surface area contributed by atoms with Crippen LogP contribution in [0.2, 0.25) is 0 Å². The first kappa shape index (κ1) is 21.7. The predicted octanol–water partition coefficient (Wildman–Crippen LogP) is 3.65. The van der Waals surface area contributed by atoms with Crippen LogP contribution in [-0.2, 0) is 11.8 Å². The molecule has 0 aliphatic carbocycles. The van der Waals surface area contributed by atoms with E-state index in [0.29, 0.717) is 17.8 Å². The van der Waals surface area contributed by atoms with Crippen molar-refractivity contribution in [2.75, 3.05) is 23.3 Å². The highest BCUT2D eigenvalue weighted by Gasteiger charge is 2.18. The Morgan fingerprint density at radius 3 is 2.32 bits per heavy atom. The second kappa shape index (κ2) is 9.52. The molecule has 0 amide bonds. The van der Waals surface area contributed by atoms with E-state index >= 15 is 0 Å². The van der Waals surface area contributed by atoms with Crippen LogP contribution in [0.5, 0.6) is 0 Å². The summed E-state index contributed by atoms with van der Waals surface area (Å²) in [5, 5.41) is 24.6. The predicted molar refractivity (Wildman–Crippen MR) is 111 cm³/mol. The van der Waals surface area contributed by atoms with Gasteiger partial charge in [0, 0.05) is 13.1 Å². The van der Waals surface area contributed by atoms with Crippen molar-refractivity contribution in [2.45, 2.75) is 47.0 Å². The Hall–Kier alpha value is -2.64. The third-order valence-corrected chi connectivity index (χ3v) is 4.34. The van der Waals surface area contributed by atoms with Crippen molar-refractivity contribution in [3.63, 3.8) is 0 Å². The number of nitrogens with zero attached hydrogens (tertiary/aromatic N) is 5. The van der Waals surface area contributed by atoms with Gasteiger partial charge in [0.25, 0.3) is 5.95 Å². The molecule has 8 heteroatoms. The molecule has 154 valence electrons. The molecule has 8 nitrogen and oxygen atoms in total. The van der Waals surface area contributed by atoms with Crippen LogP contribution in [0.15, 0.2) is 18.2 Å². The van der Waals surface area contributed by atoms with Crippen molar-refractivity contribution < 1.29 is 9.90 Å². The molecule has 0 spiro atoms. The largest absolute Gasteiger partial charge is 0.481 e. The molecule has 0 saturated carbocycles. The van der Waals surface area contributed by atoms with Crippen LogP contribution in [-0.4, -0.2) is 44.4 Å². The van der Waals surface area contributed by atoms with E-state index in [1.807, 2.05) is 19.1 Å². The molecule has 0 fully saturated rings. The summed E-state index contributed by atoms with van der Waals surface area (Å²) in [5.41, 5.74) is 2.89. The number of carboxylic acid groups (broad SMARTS) is 1. The van der Waals surface area contributed by atoms with E-state index in [9.17, 15) is 4.79 Å². The van der Waals surface area contributed by atoms with E-state index in [1.165, 1.54) is 4.80 Å². The van der Waals surface area contributed by atoms with Crippen molar-refractivity contribution >= 4 is 23.3 Å². The van der Waals surface area contributed by atoms with E-state index in [2.05, 4.69) is 59.4 Å². The fraction of sp³-hybridized carbons (Fsp3) is 0.600. The molecule has 1 aromatic carbocycles. The fourth-order valence-corrected chi connectivity index (χ4v) is 3.22. The van der Waals surface area contributed by atoms with E-state index < -0.39 is 5.97 Å². The quantitative estimate of drug-likeness (QED) is 0.641. The van der Waals surface area contributed by atoms with Crippen LogP contribution in [0.25, 0.3) is 0 Å². The highest BCUT2D eigenvalue weighted by Crippen LogP contribution is 2.33. The third kappa shape index (κ3) is 6.21. The van der Waals surface area contributed by atoms with Crippen molar-refractivity contribution in [1.82, 2.24) is 20.2 Å². The molecule has 2 aromatic rings. The number of nitrogens with one attached hydrogen (secondary N) is 1. The lowest BCUT2D eigenvalue weighted by molar-refractivity contribution is -0.137. The Kier molecular flexibility index (Phi) is 7.37. The molecule has 2 N–H and O–H groups in total. The number of aliphatic carboxylic acids is 1. The van der Waals surface area contributed by atoms with Crippen LogP contribution in [0.4, 0.5) is 17.3 Å². The summed E-state index contributed by atoms with van der Waals surface area (Å²) >= 11 is 0. The molecular weight excluding hydrogens is 356 g/mol. The van der Waals surface area contributed by atoms with Gasteiger partial charge in [-0.1, -0.05) is 45.8 Å². The zero-order valence-electron chi connectivity index (χ0n) is 17.7. The summed E-state index contributed by atoms with van der Waals surface area (Å²) in [6.45, 7) is 12.6. The van der Waals surface area contributed by atoms with Crippen LogP contribution < -0.4 is 10.2 Å². The molecule has 2 rings (SSSR count). The second-order valence-corrected chi connectivity index (χ2v) is 8.20. The molecule has 1 aromatic heterocycles. The Balaban J connectivity index is 2.44. The van der Waals surface area contributed by atoms with Gasteiger partial charge in [-0.25, -0.2) is 0 Å². The molecule has 28 heavy (non-hydrogen) atoms. The number of rotatable bonds is 10. The fourth-order valence-electron chi connectivity index (χ4n) is 3.22. The number of carbonyl (C=O) groups is 1. The first-order valence-electron chi connectivity index (χ1n) is 9.77. The van der Waals surface area contributed by atoms with Gasteiger partial charge < -0.3 is 15.3 Å². The summed E-state index contributed by atoms with van der Waals surface area (Å²) in [6, 6.07) is 6.09. The van der Waals surface area contributed by atoms with E-state index in [-0.39, 0.29) is 12.3 Å². The SMILES string of the molecule is CC(C)CN(CC(C)C)c1ccc(C(C)CC(=O)O)cc1Nc1nnn(C)n1. The standard InChI is InChI=1S/C20H32N6O2/c1-13(2)11-26(12-14(3)4)18-8-7-16(15(5)9-19(27)28)10-17(18)21-20-22-24-25(6)23-20/h7-8,10,13-15H,9,11-12H2,1-6H3,(H,21,23)(H,27,28). The monoisotopic (exact) mass is 388 g/mol. The lowest BCUT2D eigenvalue weighted by Gasteiger charge is -2.31. The van der Waals surface area contributed by atoms with Gasteiger partial charge in [0.1, 0.15) is 0 Å². The van der Waals surface area contributed by atoms with Gasteiger partial charge in [-0.05, 0) is 40.7 Å². The topological polar surface area (TPSA) is 96.2 Å². The Bertz CT molecular complexity index is 777. The maximum atomic E-state index is 11.1. The lowest BCUT2D eigenvalue weighted by Crippen LogP contribution is -2.31. The van der Waals surface area contributed by atoms with Gasteiger partial charge in [-0.15, -0.1) is 5.10 Å². The number of anilines is 3. The number of hydrogen-bond acceptors (Lipinski definition) is 6. The normalized spacial score (nSPS) is 12.4. The second-order valence-electron chi connectivity index (χ2n) is 8.20. The minimum absolute atomic E-state index is 0.0872. The van der Waals surface area contributed by atoms with Crippen molar-refractivity contribution in [3.8, 4) is 0 Å². The summed E-state index contributed by atoms with van der Waals surface area (Å²) < 4.78 is 0. The average molecular weight is 389 g/mol. The average Bonchev–Trinajstić information content (AvgIpc) is 2.97. The molecule has 0 saturated heterocycles. The summed E-state index contributed by atoms with van der Waals surface area (Å²) in [5.74, 6) is 0.535. The number of hydrogen-bond donors (Lipinski definition) is 2. The number of aromatic nitrogens is 4. The van der Waals surface area contributed by atoms with Gasteiger partial charge in [-0.3, -0.25) is 4.79 Å². The van der Waals surface area contributed by atoms with Crippen molar-refractivity contribution in [2.24, 2.45) is 18.9 Å². The molecule has 1 atom stereocenters. The summed E-state index contributed by atoms with van der Waals surface area (Å²) in [7, 11) is 1.72. The number of carboxylic acids is 1. The molecule has 0 radical (unpaired) electrons. The van der Waals surface area contributed by atoms with E-state index in [0.717, 1.165) is 30.0 Å². The Labute approximate surface area is 166 Å². The van der Waals surface area contributed by atoms with E-state index in [1.54, 1.807) is 7.05 Å². The molecule has 0 aliphatic rings. The maximum absolute atomic E-state index is 11.1. The minimum Gasteiger partial charge on any atom is -0.481 e. The minimum atomic E-state index is -0.803. The van der Waals surface area contributed by atoms with Gasteiger partial charge in [0.2, 0.25) is 0 Å². The van der Waals surface area contributed by atoms with Crippen molar-refractivity contribution in [3.05, 3.63) is 23.8 Å². The zero-order valence-corrected chi connectivity index (χ0v) is 17.7. The lowest BCUT2D eigenvalue weighted by atomic mass is 9.96. The smallest absolute Gasteiger partial charge is 0.303 e. The molecule has 1 heterocycles. The molecule has 1 unspecified atom stereocenters. The zero-order chi connectivity index (χ0) is 20.8. The van der Waals surface area contributed by atoms with Gasteiger partial charge in [0.15, 0.2) is 0 Å². The van der Waals surface area contributed by atoms with Crippen LogP contribution >= 0.6 is 0 Å². The van der Waals surface area contributed by atoms with Crippen LogP contribution in [0.3, 0.4) is 0 Å². The first-order valence-corrected chi connectivity index (χ1v) is 9.77. The van der Waals surface area contributed by atoms with Crippen molar-refractivity contribution in [1.29, 1.82) is 0 Å². The maximum Gasteiger partial charge on any atom is 0.303 e. The highest BCUT2D eigenvalue weighted by molar-refractivity contribution is 5.75. The van der Waals surface area contributed by atoms with Gasteiger partial charge >= 0.3 is 5.97 Å². The number of tetrazole rings is 1. The number of aryl methyl sites for hydroxylation is 1. The van der Waals surface area contributed by atoms with Crippen LogP contribution in [0, 0.1) is 11.8 Å². The number of benzene rings is 1. The van der Waals surface area contributed by atoms with E-state index in [4.69, 9.17) is 5.11 Å². The third-order valence-electron chi connectivity index (χ3n) is 4.34.